The van der Waals surface area contributed by atoms with Gasteiger partial charge in [-0.05, 0) is 19.3 Å². The molecule has 0 aromatic carbocycles. The monoisotopic (exact) mass is 252 g/mol. The second-order valence-corrected chi connectivity index (χ2v) is 4.83. The fourth-order valence-electron chi connectivity index (χ4n) is 2.03. The highest BCUT2D eigenvalue weighted by Gasteiger charge is 2.34. The smallest absolute Gasteiger partial charge is 0.193 e. The van der Waals surface area contributed by atoms with Crippen LogP contribution in [0.1, 0.15) is 25.0 Å². The van der Waals surface area contributed by atoms with E-state index in [0.29, 0.717) is 13.1 Å². The van der Waals surface area contributed by atoms with Crippen molar-refractivity contribution in [3.63, 3.8) is 0 Å². The van der Waals surface area contributed by atoms with Crippen molar-refractivity contribution in [2.45, 2.75) is 31.4 Å². The molecule has 1 aliphatic rings. The van der Waals surface area contributed by atoms with Crippen LogP contribution in [0.5, 0.6) is 0 Å². The summed E-state index contributed by atoms with van der Waals surface area (Å²) in [5, 5.41) is 17.1. The first-order valence-corrected chi connectivity index (χ1v) is 6.16. The summed E-state index contributed by atoms with van der Waals surface area (Å²) in [5.74, 6) is 0.748. The Balaban J connectivity index is 1.84. The third-order valence-corrected chi connectivity index (χ3v) is 3.32. The van der Waals surface area contributed by atoms with Gasteiger partial charge in [0.15, 0.2) is 5.96 Å². The predicted molar refractivity (Wildman–Crippen MR) is 68.1 cm³/mol. The van der Waals surface area contributed by atoms with Gasteiger partial charge in [-0.25, -0.2) is 0 Å². The average molecular weight is 252 g/mol. The first-order chi connectivity index (χ1) is 8.63. The van der Waals surface area contributed by atoms with Gasteiger partial charge in [0.1, 0.15) is 12.0 Å². The van der Waals surface area contributed by atoms with Crippen molar-refractivity contribution in [2.75, 3.05) is 20.6 Å². The maximum Gasteiger partial charge on any atom is 0.193 e. The van der Waals surface area contributed by atoms with Gasteiger partial charge < -0.3 is 19.8 Å². The van der Waals surface area contributed by atoms with E-state index in [1.807, 2.05) is 18.0 Å². The number of aromatic nitrogens is 1. The predicted octanol–water partition coefficient (Wildman–Crippen LogP) is 0.597. The lowest BCUT2D eigenvalue weighted by Gasteiger charge is -2.37. The Morgan fingerprint density at radius 3 is 2.94 bits per heavy atom. The SMILES string of the molecule is CN=C(NCC1(O)CCC1)N(C)Cc1ccon1. The van der Waals surface area contributed by atoms with E-state index in [1.54, 1.807) is 13.3 Å². The van der Waals surface area contributed by atoms with Gasteiger partial charge >= 0.3 is 0 Å². The highest BCUT2D eigenvalue weighted by Crippen LogP contribution is 2.30. The van der Waals surface area contributed by atoms with Crippen LogP contribution in [-0.2, 0) is 6.54 Å². The van der Waals surface area contributed by atoms with E-state index in [1.165, 1.54) is 0 Å². The minimum Gasteiger partial charge on any atom is -0.388 e. The lowest BCUT2D eigenvalue weighted by atomic mass is 9.80. The fraction of sp³-hybridized carbons (Fsp3) is 0.667. The molecule has 1 aromatic heterocycles. The normalized spacial score (nSPS) is 18.3. The second-order valence-electron chi connectivity index (χ2n) is 4.83. The van der Waals surface area contributed by atoms with Crippen LogP contribution in [0.4, 0.5) is 0 Å². The summed E-state index contributed by atoms with van der Waals surface area (Å²) in [5.41, 5.74) is 0.299. The van der Waals surface area contributed by atoms with Crippen LogP contribution >= 0.6 is 0 Å². The lowest BCUT2D eigenvalue weighted by molar-refractivity contribution is -0.0282. The number of hydrogen-bond donors (Lipinski definition) is 2. The molecular formula is C12H20N4O2. The molecule has 1 heterocycles. The largest absolute Gasteiger partial charge is 0.388 e. The number of hydrogen-bond acceptors (Lipinski definition) is 4. The third kappa shape index (κ3) is 3.01. The topological polar surface area (TPSA) is 73.9 Å². The van der Waals surface area contributed by atoms with E-state index in [2.05, 4.69) is 15.5 Å². The summed E-state index contributed by atoms with van der Waals surface area (Å²) in [4.78, 5) is 6.14. The number of guanidine groups is 1. The molecule has 2 rings (SSSR count). The molecule has 6 nitrogen and oxygen atoms in total. The molecule has 0 spiro atoms. The van der Waals surface area contributed by atoms with Crippen LogP contribution in [0.3, 0.4) is 0 Å². The molecule has 0 saturated heterocycles. The van der Waals surface area contributed by atoms with Gasteiger partial charge in [0.05, 0.1) is 12.1 Å². The molecule has 0 amide bonds. The van der Waals surface area contributed by atoms with Crippen LogP contribution in [0, 0.1) is 0 Å². The van der Waals surface area contributed by atoms with Crippen LogP contribution in [0.25, 0.3) is 0 Å². The van der Waals surface area contributed by atoms with Crippen LogP contribution < -0.4 is 5.32 Å². The Morgan fingerprint density at radius 1 is 1.67 bits per heavy atom. The maximum absolute atomic E-state index is 10.0. The Kier molecular flexibility index (Phi) is 3.86. The van der Waals surface area contributed by atoms with E-state index in [9.17, 15) is 5.11 Å². The molecule has 0 unspecified atom stereocenters. The van der Waals surface area contributed by atoms with E-state index in [4.69, 9.17) is 4.52 Å². The molecule has 1 saturated carbocycles. The minimum atomic E-state index is -0.551. The van der Waals surface area contributed by atoms with Crippen molar-refractivity contribution in [3.05, 3.63) is 18.0 Å². The van der Waals surface area contributed by atoms with Gasteiger partial charge in [-0.15, -0.1) is 0 Å². The van der Waals surface area contributed by atoms with Crippen molar-refractivity contribution < 1.29 is 9.63 Å². The first kappa shape index (κ1) is 12.9. The highest BCUT2D eigenvalue weighted by atomic mass is 16.5. The van der Waals surface area contributed by atoms with Gasteiger partial charge in [0.2, 0.25) is 0 Å². The van der Waals surface area contributed by atoms with Crippen molar-refractivity contribution in [2.24, 2.45) is 4.99 Å². The summed E-state index contributed by atoms with van der Waals surface area (Å²) in [6.07, 6.45) is 4.38. The number of aliphatic hydroxyl groups is 1. The Morgan fingerprint density at radius 2 is 2.44 bits per heavy atom. The molecular weight excluding hydrogens is 232 g/mol. The lowest BCUT2D eigenvalue weighted by Crippen LogP contribution is -2.50. The molecule has 1 aliphatic carbocycles. The zero-order chi connectivity index (χ0) is 13.0. The van der Waals surface area contributed by atoms with Gasteiger partial charge in [-0.3, -0.25) is 4.99 Å². The molecule has 1 fully saturated rings. The molecule has 18 heavy (non-hydrogen) atoms. The van der Waals surface area contributed by atoms with Gasteiger partial charge in [-0.2, -0.15) is 0 Å². The van der Waals surface area contributed by atoms with Crippen LogP contribution in [-0.4, -0.2) is 47.4 Å². The Bertz CT molecular complexity index is 398. The molecule has 100 valence electrons. The molecule has 0 bridgehead atoms. The molecule has 0 atom stereocenters. The minimum absolute atomic E-state index is 0.544. The van der Waals surface area contributed by atoms with E-state index >= 15 is 0 Å². The highest BCUT2D eigenvalue weighted by molar-refractivity contribution is 5.79. The van der Waals surface area contributed by atoms with Gasteiger partial charge in [0, 0.05) is 26.7 Å². The summed E-state index contributed by atoms with van der Waals surface area (Å²) in [7, 11) is 3.65. The van der Waals surface area contributed by atoms with Crippen molar-refractivity contribution >= 4 is 5.96 Å². The average Bonchev–Trinajstić information content (AvgIpc) is 2.80. The Labute approximate surface area is 107 Å². The van der Waals surface area contributed by atoms with Crippen LogP contribution in [0.2, 0.25) is 0 Å². The van der Waals surface area contributed by atoms with Crippen molar-refractivity contribution in [3.8, 4) is 0 Å². The molecule has 1 aromatic rings. The van der Waals surface area contributed by atoms with Crippen molar-refractivity contribution in [1.82, 2.24) is 15.4 Å². The van der Waals surface area contributed by atoms with Gasteiger partial charge in [-0.1, -0.05) is 5.16 Å². The summed E-state index contributed by atoms with van der Waals surface area (Å²) >= 11 is 0. The van der Waals surface area contributed by atoms with Crippen LogP contribution in [0.15, 0.2) is 21.8 Å². The number of nitrogens with zero attached hydrogens (tertiary/aromatic N) is 3. The Hall–Kier alpha value is -1.56. The summed E-state index contributed by atoms with van der Waals surface area (Å²) in [6, 6.07) is 1.82. The third-order valence-electron chi connectivity index (χ3n) is 3.32. The zero-order valence-corrected chi connectivity index (χ0v) is 10.9. The summed E-state index contributed by atoms with van der Waals surface area (Å²) < 4.78 is 4.79. The number of rotatable bonds is 4. The molecule has 0 radical (unpaired) electrons. The maximum atomic E-state index is 10.0. The number of aliphatic imine (C=N–C) groups is 1. The zero-order valence-electron chi connectivity index (χ0n) is 10.9. The molecule has 2 N–H and O–H groups in total. The number of nitrogens with one attached hydrogen (secondary N) is 1. The molecule has 0 aliphatic heterocycles. The van der Waals surface area contributed by atoms with Crippen molar-refractivity contribution in [1.29, 1.82) is 0 Å². The second kappa shape index (κ2) is 5.39. The quantitative estimate of drug-likeness (QED) is 0.606. The standard InChI is InChI=1S/C12H20N4O2/c1-13-11(14-9-12(17)5-3-6-12)16(2)8-10-4-7-18-15-10/h4,7,17H,3,5-6,8-9H2,1-2H3,(H,13,14). The van der Waals surface area contributed by atoms with E-state index in [-0.39, 0.29) is 0 Å². The fourth-order valence-corrected chi connectivity index (χ4v) is 2.03. The van der Waals surface area contributed by atoms with E-state index < -0.39 is 5.60 Å². The van der Waals surface area contributed by atoms with E-state index in [0.717, 1.165) is 30.9 Å². The molecule has 6 heteroatoms. The first-order valence-electron chi connectivity index (χ1n) is 6.16. The summed E-state index contributed by atoms with van der Waals surface area (Å²) in [6.45, 7) is 1.16. The van der Waals surface area contributed by atoms with Gasteiger partial charge in [0.25, 0.3) is 0 Å².